The first kappa shape index (κ1) is 20.1. The van der Waals surface area contributed by atoms with Gasteiger partial charge in [-0.2, -0.15) is 0 Å². The molecule has 0 aliphatic carbocycles. The molecule has 0 aromatic heterocycles. The van der Waals surface area contributed by atoms with Crippen LogP contribution in [0.1, 0.15) is 11.5 Å². The Morgan fingerprint density at radius 1 is 0.958 bits per heavy atom. The minimum absolute atomic E-state index is 0.647. The molecule has 8 heteroatoms. The van der Waals surface area contributed by atoms with Crippen LogP contribution in [0.5, 0.6) is 0 Å². The van der Waals surface area contributed by atoms with Gasteiger partial charge in [-0.3, -0.25) is 14.2 Å². The van der Waals surface area contributed by atoms with E-state index < -0.39 is 31.4 Å². The zero-order valence-electron chi connectivity index (χ0n) is 14.0. The van der Waals surface area contributed by atoms with E-state index in [0.29, 0.717) is 5.56 Å². The summed E-state index contributed by atoms with van der Waals surface area (Å²) in [5.41, 5.74) is 0.647. The van der Waals surface area contributed by atoms with Crippen molar-refractivity contribution in [3.05, 3.63) is 47.8 Å². The molecule has 0 heterocycles. The molecule has 132 valence electrons. The monoisotopic (exact) mass is 356 g/mol. The first-order chi connectivity index (χ1) is 11.4. The van der Waals surface area contributed by atoms with Gasteiger partial charge in [0, 0.05) is 26.0 Å². The molecule has 0 saturated carbocycles. The smallest absolute Gasteiger partial charge is 0.353 e. The normalized spacial score (nSPS) is 13.0. The molecule has 0 aliphatic heterocycles. The Balaban J connectivity index is 3.37. The number of ether oxygens (including phenoxy) is 2. The predicted molar refractivity (Wildman–Crippen MR) is 87.5 cm³/mol. The number of methoxy groups -OCH3 is 2. The van der Waals surface area contributed by atoms with Gasteiger partial charge >= 0.3 is 19.5 Å². The zero-order chi connectivity index (χ0) is 18.2. The molecule has 0 unspecified atom stereocenters. The van der Waals surface area contributed by atoms with E-state index in [0.717, 1.165) is 0 Å². The summed E-state index contributed by atoms with van der Waals surface area (Å²) < 4.78 is 31.3. The summed E-state index contributed by atoms with van der Waals surface area (Å²) in [5.74, 6) is -2.32. The number of hydrogen-bond donors (Lipinski definition) is 0. The minimum atomic E-state index is -3.46. The van der Waals surface area contributed by atoms with Crippen LogP contribution >= 0.6 is 7.60 Å². The van der Waals surface area contributed by atoms with E-state index >= 15 is 0 Å². The summed E-state index contributed by atoms with van der Waals surface area (Å²) in [6.45, 7) is 0. The highest BCUT2D eigenvalue weighted by atomic mass is 31.2. The van der Waals surface area contributed by atoms with E-state index in [4.69, 9.17) is 18.5 Å². The van der Waals surface area contributed by atoms with Crippen molar-refractivity contribution in [2.24, 2.45) is 5.92 Å². The predicted octanol–water partition coefficient (Wildman–Crippen LogP) is 2.73. The lowest BCUT2D eigenvalue weighted by Gasteiger charge is -2.21. The Bertz CT molecular complexity index is 603. The second kappa shape index (κ2) is 9.37. The standard InChI is InChI=1S/C16H21O7P/c1-20-15(17)14(16(18)21-2)13(12-8-6-5-7-9-12)10-11-24(19,22-3)23-4/h5-11,13-14H,1-4H3/b11-10+/t13-/m1/s1. The van der Waals surface area contributed by atoms with E-state index in [1.165, 1.54) is 40.3 Å². The van der Waals surface area contributed by atoms with Gasteiger partial charge in [-0.05, 0) is 5.56 Å². The molecule has 0 fully saturated rings. The fraction of sp³-hybridized carbons (Fsp3) is 0.375. The van der Waals surface area contributed by atoms with Crippen LogP contribution in [0.3, 0.4) is 0 Å². The topological polar surface area (TPSA) is 88.1 Å². The quantitative estimate of drug-likeness (QED) is 0.402. The third-order valence-corrected chi connectivity index (χ3v) is 4.99. The zero-order valence-corrected chi connectivity index (χ0v) is 14.9. The SMILES string of the molecule is COC(=O)C(C(=O)OC)[C@H](/C=C/P(=O)(OC)OC)c1ccccc1. The van der Waals surface area contributed by atoms with Crippen LogP contribution in [-0.2, 0) is 32.7 Å². The fourth-order valence-electron chi connectivity index (χ4n) is 2.13. The van der Waals surface area contributed by atoms with E-state index in [-0.39, 0.29) is 0 Å². The van der Waals surface area contributed by atoms with Crippen LogP contribution < -0.4 is 0 Å². The van der Waals surface area contributed by atoms with Gasteiger partial charge in [-0.15, -0.1) is 0 Å². The number of esters is 2. The third-order valence-electron chi connectivity index (χ3n) is 3.44. The third kappa shape index (κ3) is 5.03. The summed E-state index contributed by atoms with van der Waals surface area (Å²) in [5, 5.41) is 0. The number of carbonyl (C=O) groups is 2. The van der Waals surface area contributed by atoms with Crippen molar-refractivity contribution < 1.29 is 32.7 Å². The van der Waals surface area contributed by atoms with Crippen molar-refractivity contribution >= 4 is 19.5 Å². The van der Waals surface area contributed by atoms with Gasteiger partial charge in [0.25, 0.3) is 0 Å². The number of rotatable bonds is 8. The molecule has 0 amide bonds. The molecular weight excluding hydrogens is 335 g/mol. The first-order valence-electron chi connectivity index (χ1n) is 7.03. The van der Waals surface area contributed by atoms with Gasteiger partial charge in [0.05, 0.1) is 14.2 Å². The molecular formula is C16H21O7P. The molecule has 1 aromatic carbocycles. The lowest BCUT2D eigenvalue weighted by atomic mass is 9.86. The number of allylic oxidation sites excluding steroid dienone is 1. The average molecular weight is 356 g/mol. The molecule has 1 atom stereocenters. The van der Waals surface area contributed by atoms with E-state index in [1.54, 1.807) is 30.3 Å². The summed E-state index contributed by atoms with van der Waals surface area (Å²) in [6, 6.07) is 8.78. The van der Waals surface area contributed by atoms with Crippen molar-refractivity contribution in [2.45, 2.75) is 5.92 Å². The number of hydrogen-bond acceptors (Lipinski definition) is 7. The Hall–Kier alpha value is -1.95. The van der Waals surface area contributed by atoms with E-state index in [2.05, 4.69) is 0 Å². The van der Waals surface area contributed by atoms with Gasteiger partial charge in [0.15, 0.2) is 5.92 Å². The Morgan fingerprint density at radius 2 is 1.46 bits per heavy atom. The highest BCUT2D eigenvalue weighted by Crippen LogP contribution is 2.49. The van der Waals surface area contributed by atoms with Crippen LogP contribution in [0.15, 0.2) is 42.2 Å². The van der Waals surface area contributed by atoms with Gasteiger partial charge in [0.2, 0.25) is 0 Å². The lowest BCUT2D eigenvalue weighted by molar-refractivity contribution is -0.159. The van der Waals surface area contributed by atoms with Crippen LogP contribution in [0, 0.1) is 5.92 Å². The highest BCUT2D eigenvalue weighted by molar-refractivity contribution is 7.57. The molecule has 0 saturated heterocycles. The summed E-state index contributed by atoms with van der Waals surface area (Å²) in [7, 11) is 1.38. The summed E-state index contributed by atoms with van der Waals surface area (Å²) in [6.07, 6.45) is 1.43. The van der Waals surface area contributed by atoms with Crippen molar-refractivity contribution in [1.29, 1.82) is 0 Å². The van der Waals surface area contributed by atoms with E-state index in [9.17, 15) is 14.2 Å². The molecule has 0 bridgehead atoms. The molecule has 1 rings (SSSR count). The average Bonchev–Trinajstić information content (AvgIpc) is 2.64. The molecule has 1 aromatic rings. The minimum Gasteiger partial charge on any atom is -0.468 e. The van der Waals surface area contributed by atoms with Crippen LogP contribution in [-0.4, -0.2) is 40.4 Å². The molecule has 0 aliphatic rings. The molecule has 0 radical (unpaired) electrons. The maximum absolute atomic E-state index is 12.2. The Morgan fingerprint density at radius 3 is 1.88 bits per heavy atom. The van der Waals surface area contributed by atoms with Crippen molar-refractivity contribution in [1.82, 2.24) is 0 Å². The van der Waals surface area contributed by atoms with Crippen LogP contribution in [0.4, 0.5) is 0 Å². The number of carbonyl (C=O) groups excluding carboxylic acids is 2. The van der Waals surface area contributed by atoms with Crippen LogP contribution in [0.25, 0.3) is 0 Å². The van der Waals surface area contributed by atoms with Gasteiger partial charge in [0.1, 0.15) is 0 Å². The molecule has 0 N–H and O–H groups in total. The highest BCUT2D eigenvalue weighted by Gasteiger charge is 2.37. The maximum Gasteiger partial charge on any atom is 0.353 e. The van der Waals surface area contributed by atoms with E-state index in [1.807, 2.05) is 0 Å². The number of benzene rings is 1. The lowest BCUT2D eigenvalue weighted by Crippen LogP contribution is -2.31. The first-order valence-corrected chi connectivity index (χ1v) is 8.64. The molecule has 24 heavy (non-hydrogen) atoms. The molecule has 7 nitrogen and oxygen atoms in total. The second-order valence-electron chi connectivity index (χ2n) is 4.71. The summed E-state index contributed by atoms with van der Waals surface area (Å²) in [4.78, 5) is 24.2. The van der Waals surface area contributed by atoms with Gasteiger partial charge in [-0.1, -0.05) is 36.4 Å². The van der Waals surface area contributed by atoms with Crippen molar-refractivity contribution in [2.75, 3.05) is 28.4 Å². The largest absolute Gasteiger partial charge is 0.468 e. The molecule has 0 spiro atoms. The Labute approximate surface area is 141 Å². The maximum atomic E-state index is 12.2. The van der Waals surface area contributed by atoms with Gasteiger partial charge < -0.3 is 18.5 Å². The van der Waals surface area contributed by atoms with Crippen molar-refractivity contribution in [3.63, 3.8) is 0 Å². The van der Waals surface area contributed by atoms with Crippen molar-refractivity contribution in [3.8, 4) is 0 Å². The summed E-state index contributed by atoms with van der Waals surface area (Å²) >= 11 is 0. The Kier molecular flexibility index (Phi) is 7.85. The second-order valence-corrected chi connectivity index (χ2v) is 6.82. The van der Waals surface area contributed by atoms with Crippen LogP contribution in [0.2, 0.25) is 0 Å². The van der Waals surface area contributed by atoms with Gasteiger partial charge in [-0.25, -0.2) is 0 Å². The fourth-order valence-corrected chi connectivity index (χ4v) is 2.92.